The lowest BCUT2D eigenvalue weighted by molar-refractivity contribution is -0.119. The molecule has 140 valence electrons. The number of nitrogens with zero attached hydrogens (tertiary/aromatic N) is 4. The molecular formula is C17H22ClN5O2S. The zero-order valence-corrected chi connectivity index (χ0v) is 16.2. The molecule has 0 bridgehead atoms. The summed E-state index contributed by atoms with van der Waals surface area (Å²) in [4.78, 5) is 12.3. The van der Waals surface area contributed by atoms with Crippen LogP contribution in [0.4, 0.5) is 0 Å². The highest BCUT2D eigenvalue weighted by atomic mass is 35.5. The third-order valence-electron chi connectivity index (χ3n) is 4.25. The smallest absolute Gasteiger partial charge is 0.230 e. The molecule has 3 rings (SSSR count). The van der Waals surface area contributed by atoms with Gasteiger partial charge in [-0.25, -0.2) is 4.68 Å². The molecule has 0 radical (unpaired) electrons. The summed E-state index contributed by atoms with van der Waals surface area (Å²) in [5.41, 5.74) is 1.04. The highest BCUT2D eigenvalue weighted by Gasteiger charge is 2.20. The molecule has 1 aliphatic heterocycles. The molecule has 2 aromatic rings. The Morgan fingerprint density at radius 1 is 1.46 bits per heavy atom. The van der Waals surface area contributed by atoms with Crippen LogP contribution in [0.2, 0.25) is 5.02 Å². The number of hydrogen-bond acceptors (Lipinski definition) is 6. The van der Waals surface area contributed by atoms with Crippen molar-refractivity contribution in [2.45, 2.75) is 50.0 Å². The predicted molar refractivity (Wildman–Crippen MR) is 100 cm³/mol. The van der Waals surface area contributed by atoms with Crippen molar-refractivity contribution in [3.63, 3.8) is 0 Å². The number of hydrogen-bond donors (Lipinski definition) is 1. The molecule has 2 atom stereocenters. The minimum atomic E-state index is -0.0523. The molecule has 1 aromatic heterocycles. The van der Waals surface area contributed by atoms with Crippen molar-refractivity contribution >= 4 is 29.3 Å². The normalized spacial score (nSPS) is 18.0. The summed E-state index contributed by atoms with van der Waals surface area (Å²) in [6.45, 7) is 3.45. The van der Waals surface area contributed by atoms with Gasteiger partial charge in [0.15, 0.2) is 0 Å². The molecule has 0 spiro atoms. The first-order chi connectivity index (χ1) is 12.7. The fourth-order valence-corrected chi connectivity index (χ4v) is 3.70. The summed E-state index contributed by atoms with van der Waals surface area (Å²) in [5, 5.41) is 16.1. The van der Waals surface area contributed by atoms with Gasteiger partial charge >= 0.3 is 0 Å². The number of aromatic nitrogens is 4. The lowest BCUT2D eigenvalue weighted by Crippen LogP contribution is -2.29. The van der Waals surface area contributed by atoms with Crippen molar-refractivity contribution in [1.29, 1.82) is 0 Å². The number of nitrogens with one attached hydrogen (secondary N) is 1. The second-order valence-corrected chi connectivity index (χ2v) is 7.53. The van der Waals surface area contributed by atoms with Gasteiger partial charge < -0.3 is 10.1 Å². The first-order valence-corrected chi connectivity index (χ1v) is 10.1. The summed E-state index contributed by atoms with van der Waals surface area (Å²) in [7, 11) is 0. The minimum Gasteiger partial charge on any atom is -0.376 e. The van der Waals surface area contributed by atoms with Crippen LogP contribution in [0.1, 0.15) is 37.8 Å². The monoisotopic (exact) mass is 395 g/mol. The van der Waals surface area contributed by atoms with E-state index < -0.39 is 0 Å². The summed E-state index contributed by atoms with van der Waals surface area (Å²) in [6, 6.07) is 7.50. The fraction of sp³-hybridized carbons (Fsp3) is 0.529. The molecule has 2 heterocycles. The van der Waals surface area contributed by atoms with E-state index in [2.05, 4.69) is 20.8 Å². The van der Waals surface area contributed by atoms with E-state index in [9.17, 15) is 4.79 Å². The first-order valence-electron chi connectivity index (χ1n) is 8.71. The zero-order chi connectivity index (χ0) is 18.4. The van der Waals surface area contributed by atoms with Gasteiger partial charge in [0.05, 0.1) is 24.4 Å². The van der Waals surface area contributed by atoms with E-state index in [1.807, 2.05) is 31.2 Å². The van der Waals surface area contributed by atoms with E-state index in [0.29, 0.717) is 16.7 Å². The Kier molecular flexibility index (Phi) is 6.87. The second-order valence-electron chi connectivity index (χ2n) is 6.15. The number of halogens is 1. The Morgan fingerprint density at radius 2 is 2.27 bits per heavy atom. The molecule has 0 aliphatic carbocycles. The summed E-state index contributed by atoms with van der Waals surface area (Å²) < 4.78 is 7.33. The second kappa shape index (κ2) is 9.34. The maximum Gasteiger partial charge on any atom is 0.230 e. The summed E-state index contributed by atoms with van der Waals surface area (Å²) in [6.07, 6.45) is 3.04. The first kappa shape index (κ1) is 19.1. The largest absolute Gasteiger partial charge is 0.376 e. The number of carbonyl (C=O) groups excluding carboxylic acids is 1. The van der Waals surface area contributed by atoms with Crippen LogP contribution >= 0.6 is 23.4 Å². The average molecular weight is 396 g/mol. The molecule has 1 saturated heterocycles. The van der Waals surface area contributed by atoms with Crippen LogP contribution in [0.3, 0.4) is 0 Å². The number of rotatable bonds is 8. The Balaban J connectivity index is 1.52. The zero-order valence-electron chi connectivity index (χ0n) is 14.6. The van der Waals surface area contributed by atoms with Crippen molar-refractivity contribution < 1.29 is 9.53 Å². The van der Waals surface area contributed by atoms with Gasteiger partial charge in [-0.3, -0.25) is 4.79 Å². The number of amides is 1. The number of thioether (sulfide) groups is 1. The molecule has 9 heteroatoms. The molecule has 1 fully saturated rings. The fourth-order valence-electron chi connectivity index (χ4n) is 2.88. The molecule has 2 unspecified atom stereocenters. The van der Waals surface area contributed by atoms with E-state index in [-0.39, 0.29) is 23.8 Å². The molecule has 26 heavy (non-hydrogen) atoms. The average Bonchev–Trinajstić information content (AvgIpc) is 3.31. The Hall–Kier alpha value is -1.64. The van der Waals surface area contributed by atoms with Crippen LogP contribution in [-0.4, -0.2) is 44.6 Å². The van der Waals surface area contributed by atoms with Gasteiger partial charge in [0, 0.05) is 11.6 Å². The van der Waals surface area contributed by atoms with Crippen molar-refractivity contribution in [3.8, 4) is 0 Å². The van der Waals surface area contributed by atoms with Crippen LogP contribution in [0.15, 0.2) is 29.4 Å². The third-order valence-corrected chi connectivity index (χ3v) is 5.46. The molecule has 1 amide bonds. The predicted octanol–water partition coefficient (Wildman–Crippen LogP) is 2.87. The van der Waals surface area contributed by atoms with Gasteiger partial charge in [-0.1, -0.05) is 42.4 Å². The molecule has 1 N–H and O–H groups in total. The lowest BCUT2D eigenvalue weighted by Gasteiger charge is -2.17. The van der Waals surface area contributed by atoms with Crippen molar-refractivity contribution in [2.24, 2.45) is 0 Å². The molecule has 7 nitrogen and oxygen atoms in total. The SMILES string of the molecule is CCC(NC(=O)CSc1nnnn1CC1CCCO1)c1ccc(Cl)cc1. The summed E-state index contributed by atoms with van der Waals surface area (Å²) >= 11 is 7.26. The number of ether oxygens (including phenoxy) is 1. The van der Waals surface area contributed by atoms with Crippen LogP contribution in [-0.2, 0) is 16.1 Å². The van der Waals surface area contributed by atoms with Crippen molar-refractivity contribution in [1.82, 2.24) is 25.5 Å². The van der Waals surface area contributed by atoms with Gasteiger partial charge in [0.25, 0.3) is 0 Å². The Bertz CT molecular complexity index is 718. The number of benzene rings is 1. The van der Waals surface area contributed by atoms with Gasteiger partial charge in [0.2, 0.25) is 11.1 Å². The summed E-state index contributed by atoms with van der Waals surface area (Å²) in [5.74, 6) is 0.208. The maximum atomic E-state index is 12.3. The lowest BCUT2D eigenvalue weighted by atomic mass is 10.0. The van der Waals surface area contributed by atoms with Gasteiger partial charge in [0.1, 0.15) is 0 Å². The van der Waals surface area contributed by atoms with E-state index in [1.54, 1.807) is 4.68 Å². The van der Waals surface area contributed by atoms with E-state index >= 15 is 0 Å². The third kappa shape index (κ3) is 5.18. The topological polar surface area (TPSA) is 81.9 Å². The van der Waals surface area contributed by atoms with E-state index in [4.69, 9.17) is 16.3 Å². The van der Waals surface area contributed by atoms with Crippen molar-refractivity contribution in [3.05, 3.63) is 34.9 Å². The standard InChI is InChI=1S/C17H22ClN5O2S/c1-2-15(12-5-7-13(18)8-6-12)19-16(24)11-26-17-20-21-22-23(17)10-14-4-3-9-25-14/h5-8,14-15H,2-4,9-11H2,1H3,(H,19,24). The van der Waals surface area contributed by atoms with Crippen molar-refractivity contribution in [2.75, 3.05) is 12.4 Å². The maximum absolute atomic E-state index is 12.3. The van der Waals surface area contributed by atoms with Crippen LogP contribution in [0, 0.1) is 0 Å². The van der Waals surface area contributed by atoms with Crippen LogP contribution < -0.4 is 5.32 Å². The van der Waals surface area contributed by atoms with E-state index in [1.165, 1.54) is 11.8 Å². The quantitative estimate of drug-likeness (QED) is 0.692. The number of tetrazole rings is 1. The van der Waals surface area contributed by atoms with E-state index in [0.717, 1.165) is 31.4 Å². The molecular weight excluding hydrogens is 374 g/mol. The van der Waals surface area contributed by atoms with Crippen LogP contribution in [0.5, 0.6) is 0 Å². The van der Waals surface area contributed by atoms with Gasteiger partial charge in [-0.05, 0) is 47.4 Å². The minimum absolute atomic E-state index is 0.0387. The Morgan fingerprint density at radius 3 is 2.96 bits per heavy atom. The van der Waals surface area contributed by atoms with Gasteiger partial charge in [-0.15, -0.1) is 5.10 Å². The Labute approximate surface area is 161 Å². The molecule has 1 aromatic carbocycles. The number of carbonyl (C=O) groups is 1. The molecule has 0 saturated carbocycles. The van der Waals surface area contributed by atoms with Crippen LogP contribution in [0.25, 0.3) is 0 Å². The molecule has 1 aliphatic rings. The highest BCUT2D eigenvalue weighted by Crippen LogP contribution is 2.21. The van der Waals surface area contributed by atoms with Gasteiger partial charge in [-0.2, -0.15) is 0 Å². The highest BCUT2D eigenvalue weighted by molar-refractivity contribution is 7.99.